The number of rotatable bonds is 5. The molecule has 0 aliphatic carbocycles. The summed E-state index contributed by atoms with van der Waals surface area (Å²) >= 11 is 3.38. The minimum absolute atomic E-state index is 0.0136. The molecule has 0 saturated heterocycles. The van der Waals surface area contributed by atoms with Crippen molar-refractivity contribution in [2.75, 3.05) is 13.7 Å². The third-order valence-corrected chi connectivity index (χ3v) is 2.57. The van der Waals surface area contributed by atoms with Crippen LogP contribution >= 0.6 is 15.9 Å². The molecule has 0 spiro atoms. The zero-order valence-corrected chi connectivity index (χ0v) is 11.5. The molecule has 0 bridgehead atoms. The normalized spacial score (nSPS) is 12.6. The fraction of sp³-hybridized carbons (Fsp3) is 0.308. The van der Waals surface area contributed by atoms with Crippen molar-refractivity contribution in [3.8, 4) is 0 Å². The van der Waals surface area contributed by atoms with Gasteiger partial charge in [-0.1, -0.05) is 28.1 Å². The fourth-order valence-corrected chi connectivity index (χ4v) is 1.78. The van der Waals surface area contributed by atoms with Gasteiger partial charge in [0.25, 0.3) is 0 Å². The van der Waals surface area contributed by atoms with E-state index in [0.717, 1.165) is 10.0 Å². The van der Waals surface area contributed by atoms with Crippen LogP contribution in [0.2, 0.25) is 0 Å². The summed E-state index contributed by atoms with van der Waals surface area (Å²) in [5, 5.41) is 2.80. The third kappa shape index (κ3) is 5.65. The molecule has 0 aliphatic rings. The summed E-state index contributed by atoms with van der Waals surface area (Å²) in [5.74, 6) is -0.116. The largest absolute Gasteiger partial charge is 0.383 e. The van der Waals surface area contributed by atoms with Gasteiger partial charge >= 0.3 is 0 Å². The van der Waals surface area contributed by atoms with Gasteiger partial charge in [0.05, 0.1) is 6.61 Å². The van der Waals surface area contributed by atoms with Crippen LogP contribution < -0.4 is 5.32 Å². The van der Waals surface area contributed by atoms with Gasteiger partial charge in [0.2, 0.25) is 5.91 Å². The Morgan fingerprint density at radius 1 is 1.59 bits per heavy atom. The maximum absolute atomic E-state index is 11.5. The smallest absolute Gasteiger partial charge is 0.244 e. The van der Waals surface area contributed by atoms with E-state index in [9.17, 15) is 4.79 Å². The van der Waals surface area contributed by atoms with E-state index >= 15 is 0 Å². The Balaban J connectivity index is 2.51. The number of halogens is 1. The lowest BCUT2D eigenvalue weighted by atomic mass is 10.2. The van der Waals surface area contributed by atoms with Crippen LogP contribution in [0.1, 0.15) is 12.5 Å². The van der Waals surface area contributed by atoms with Crippen LogP contribution in [-0.2, 0) is 9.53 Å². The molecule has 1 N–H and O–H groups in total. The molecule has 4 heteroatoms. The van der Waals surface area contributed by atoms with Gasteiger partial charge in [0, 0.05) is 23.7 Å². The molecule has 17 heavy (non-hydrogen) atoms. The predicted octanol–water partition coefficient (Wildman–Crippen LogP) is 2.61. The van der Waals surface area contributed by atoms with Crippen molar-refractivity contribution in [3.05, 3.63) is 40.4 Å². The first-order chi connectivity index (χ1) is 8.11. The summed E-state index contributed by atoms with van der Waals surface area (Å²) in [4.78, 5) is 11.5. The first-order valence-electron chi connectivity index (χ1n) is 5.35. The molecule has 1 aromatic carbocycles. The van der Waals surface area contributed by atoms with Gasteiger partial charge in [0.15, 0.2) is 0 Å². The molecule has 0 heterocycles. The molecule has 1 aromatic rings. The van der Waals surface area contributed by atoms with E-state index in [1.165, 1.54) is 6.08 Å². The monoisotopic (exact) mass is 297 g/mol. The fourth-order valence-electron chi connectivity index (χ4n) is 1.36. The van der Waals surface area contributed by atoms with E-state index in [-0.39, 0.29) is 11.9 Å². The number of ether oxygens (including phenoxy) is 1. The maximum Gasteiger partial charge on any atom is 0.244 e. The van der Waals surface area contributed by atoms with Gasteiger partial charge < -0.3 is 10.1 Å². The number of methoxy groups -OCH3 is 1. The molecule has 0 radical (unpaired) electrons. The second kappa shape index (κ2) is 7.25. The zero-order valence-electron chi connectivity index (χ0n) is 9.94. The average molecular weight is 298 g/mol. The summed E-state index contributed by atoms with van der Waals surface area (Å²) in [6, 6.07) is 7.77. The zero-order chi connectivity index (χ0) is 12.7. The van der Waals surface area contributed by atoms with E-state index < -0.39 is 0 Å². The van der Waals surface area contributed by atoms with Crippen molar-refractivity contribution in [2.24, 2.45) is 0 Å². The van der Waals surface area contributed by atoms with Crippen LogP contribution in [0.4, 0.5) is 0 Å². The van der Waals surface area contributed by atoms with E-state index in [4.69, 9.17) is 4.74 Å². The number of benzene rings is 1. The SMILES string of the molecule is COCC(C)NC(=O)/C=C/c1cccc(Br)c1. The van der Waals surface area contributed by atoms with Gasteiger partial charge in [-0.25, -0.2) is 0 Å². The Hall–Kier alpha value is -1.13. The Kier molecular flexibility index (Phi) is 5.94. The highest BCUT2D eigenvalue weighted by atomic mass is 79.9. The molecule has 1 rings (SSSR count). The highest BCUT2D eigenvalue weighted by Crippen LogP contribution is 2.12. The Morgan fingerprint density at radius 2 is 2.35 bits per heavy atom. The molecule has 0 aromatic heterocycles. The van der Waals surface area contributed by atoms with Crippen LogP contribution in [0.3, 0.4) is 0 Å². The summed E-state index contributed by atoms with van der Waals surface area (Å²) in [7, 11) is 1.61. The van der Waals surface area contributed by atoms with Crippen LogP contribution in [-0.4, -0.2) is 25.7 Å². The summed E-state index contributed by atoms with van der Waals surface area (Å²) in [5.41, 5.74) is 0.980. The predicted molar refractivity (Wildman–Crippen MR) is 72.7 cm³/mol. The summed E-state index contributed by atoms with van der Waals surface area (Å²) in [6.07, 6.45) is 3.30. The van der Waals surface area contributed by atoms with Gasteiger partial charge in [0.1, 0.15) is 0 Å². The minimum atomic E-state index is -0.116. The van der Waals surface area contributed by atoms with Crippen molar-refractivity contribution in [3.63, 3.8) is 0 Å². The summed E-state index contributed by atoms with van der Waals surface area (Å²) < 4.78 is 5.93. The average Bonchev–Trinajstić information content (AvgIpc) is 2.27. The number of hydrogen-bond acceptors (Lipinski definition) is 2. The van der Waals surface area contributed by atoms with Gasteiger partial charge in [-0.15, -0.1) is 0 Å². The highest BCUT2D eigenvalue weighted by Gasteiger charge is 2.02. The van der Waals surface area contributed by atoms with Crippen LogP contribution in [0, 0.1) is 0 Å². The van der Waals surface area contributed by atoms with Crippen LogP contribution in [0.25, 0.3) is 6.08 Å². The maximum atomic E-state index is 11.5. The number of amides is 1. The first kappa shape index (κ1) is 13.9. The van der Waals surface area contributed by atoms with E-state index in [0.29, 0.717) is 6.61 Å². The molecule has 0 aliphatic heterocycles. The first-order valence-corrected chi connectivity index (χ1v) is 6.14. The van der Waals surface area contributed by atoms with Crippen molar-refractivity contribution in [1.29, 1.82) is 0 Å². The molecule has 3 nitrogen and oxygen atoms in total. The molecule has 92 valence electrons. The van der Waals surface area contributed by atoms with Gasteiger partial charge in [-0.3, -0.25) is 4.79 Å². The second-order valence-electron chi connectivity index (χ2n) is 3.75. The lowest BCUT2D eigenvalue weighted by Gasteiger charge is -2.10. The van der Waals surface area contributed by atoms with Crippen molar-refractivity contribution in [1.82, 2.24) is 5.32 Å². The van der Waals surface area contributed by atoms with E-state index in [2.05, 4.69) is 21.2 Å². The van der Waals surface area contributed by atoms with Crippen LogP contribution in [0.15, 0.2) is 34.8 Å². The molecule has 1 atom stereocenters. The number of carbonyl (C=O) groups excluding carboxylic acids is 1. The van der Waals surface area contributed by atoms with Gasteiger partial charge in [-0.05, 0) is 30.7 Å². The van der Waals surface area contributed by atoms with E-state index in [1.54, 1.807) is 13.2 Å². The van der Waals surface area contributed by atoms with Crippen LogP contribution in [0.5, 0.6) is 0 Å². The molecular weight excluding hydrogens is 282 g/mol. The van der Waals surface area contributed by atoms with Crippen molar-refractivity contribution >= 4 is 27.9 Å². The molecule has 1 unspecified atom stereocenters. The third-order valence-electron chi connectivity index (χ3n) is 2.08. The minimum Gasteiger partial charge on any atom is -0.383 e. The lowest BCUT2D eigenvalue weighted by molar-refractivity contribution is -0.117. The molecule has 1 amide bonds. The Bertz CT molecular complexity index is 404. The summed E-state index contributed by atoms with van der Waals surface area (Å²) in [6.45, 7) is 2.41. The number of nitrogens with one attached hydrogen (secondary N) is 1. The standard InChI is InChI=1S/C13H16BrNO2/c1-10(9-17-2)15-13(16)7-6-11-4-3-5-12(14)8-11/h3-8,10H,9H2,1-2H3,(H,15,16)/b7-6+. The van der Waals surface area contributed by atoms with E-state index in [1.807, 2.05) is 31.2 Å². The quantitative estimate of drug-likeness (QED) is 0.849. The van der Waals surface area contributed by atoms with Crippen molar-refractivity contribution < 1.29 is 9.53 Å². The molecule has 0 fully saturated rings. The molecular formula is C13H16BrNO2. The Labute approximate surface area is 110 Å². The highest BCUT2D eigenvalue weighted by molar-refractivity contribution is 9.10. The van der Waals surface area contributed by atoms with Gasteiger partial charge in [-0.2, -0.15) is 0 Å². The van der Waals surface area contributed by atoms with Crippen molar-refractivity contribution in [2.45, 2.75) is 13.0 Å². The second-order valence-corrected chi connectivity index (χ2v) is 4.67. The number of hydrogen-bond donors (Lipinski definition) is 1. The molecule has 0 saturated carbocycles. The Morgan fingerprint density at radius 3 is 3.00 bits per heavy atom. The lowest BCUT2D eigenvalue weighted by Crippen LogP contribution is -2.34. The topological polar surface area (TPSA) is 38.3 Å². The number of carbonyl (C=O) groups is 1.